The van der Waals surface area contributed by atoms with E-state index in [1.165, 1.54) is 6.07 Å². The van der Waals surface area contributed by atoms with Crippen molar-refractivity contribution in [2.45, 2.75) is 26.8 Å². The zero-order valence-corrected chi connectivity index (χ0v) is 13.7. The summed E-state index contributed by atoms with van der Waals surface area (Å²) in [4.78, 5) is 12.2. The molecule has 4 nitrogen and oxygen atoms in total. The number of furan rings is 1. The number of hydrogen-bond donors (Lipinski definition) is 2. The van der Waals surface area contributed by atoms with Gasteiger partial charge in [-0.05, 0) is 67.6 Å². The van der Waals surface area contributed by atoms with Gasteiger partial charge in [-0.3, -0.25) is 4.79 Å². The first-order valence-corrected chi connectivity index (χ1v) is 7.32. The smallest absolute Gasteiger partial charge is 0.255 e. The molecule has 0 bridgehead atoms. The topological polar surface area (TPSA) is 62.5 Å². The van der Waals surface area contributed by atoms with Crippen LogP contribution < -0.4 is 5.32 Å². The van der Waals surface area contributed by atoms with Gasteiger partial charge >= 0.3 is 0 Å². The average molecular weight is 385 g/mol. The number of phenolic OH excluding ortho intramolecular Hbond substituents is 1. The maximum atomic E-state index is 12.2. The van der Waals surface area contributed by atoms with E-state index >= 15 is 0 Å². The number of rotatable bonds is 3. The Labute approximate surface area is 131 Å². The van der Waals surface area contributed by atoms with Crippen molar-refractivity contribution in [2.24, 2.45) is 0 Å². The quantitative estimate of drug-likeness (QED) is 0.793. The Kier molecular flexibility index (Phi) is 4.37. The van der Waals surface area contributed by atoms with Crippen LogP contribution in [0.4, 0.5) is 0 Å². The average Bonchev–Trinajstić information content (AvgIpc) is 2.71. The summed E-state index contributed by atoms with van der Waals surface area (Å²) in [7, 11) is 0. The van der Waals surface area contributed by atoms with Crippen molar-refractivity contribution in [3.63, 3.8) is 0 Å². The Balaban J connectivity index is 2.19. The molecule has 106 valence electrons. The minimum Gasteiger partial charge on any atom is -0.507 e. The van der Waals surface area contributed by atoms with Crippen LogP contribution in [-0.2, 0) is 0 Å². The summed E-state index contributed by atoms with van der Waals surface area (Å²) in [5, 5.41) is 12.6. The van der Waals surface area contributed by atoms with E-state index in [-0.39, 0.29) is 23.3 Å². The van der Waals surface area contributed by atoms with Crippen molar-refractivity contribution in [1.29, 1.82) is 0 Å². The minimum atomic E-state index is -0.299. The van der Waals surface area contributed by atoms with Crippen LogP contribution in [0.1, 0.15) is 40.4 Å². The fourth-order valence-corrected chi connectivity index (χ4v) is 2.61. The third kappa shape index (κ3) is 3.15. The lowest BCUT2D eigenvalue weighted by Crippen LogP contribution is -2.26. The van der Waals surface area contributed by atoms with Crippen molar-refractivity contribution >= 4 is 28.5 Å². The Morgan fingerprint density at radius 3 is 2.65 bits per heavy atom. The molecule has 20 heavy (non-hydrogen) atoms. The summed E-state index contributed by atoms with van der Waals surface area (Å²) in [6.07, 6.45) is 0. The molecule has 0 aliphatic carbocycles. The third-order valence-corrected chi connectivity index (χ3v) is 3.77. The number of halogens is 1. The first-order chi connectivity index (χ1) is 9.38. The van der Waals surface area contributed by atoms with E-state index in [9.17, 15) is 9.90 Å². The second-order valence-electron chi connectivity index (χ2n) is 4.73. The molecule has 0 aliphatic rings. The summed E-state index contributed by atoms with van der Waals surface area (Å²) in [6, 6.07) is 6.66. The maximum Gasteiger partial charge on any atom is 0.255 e. The van der Waals surface area contributed by atoms with E-state index in [4.69, 9.17) is 4.42 Å². The second-order valence-corrected chi connectivity index (χ2v) is 5.97. The summed E-state index contributed by atoms with van der Waals surface area (Å²) in [6.45, 7) is 5.63. The molecular weight excluding hydrogens is 369 g/mol. The van der Waals surface area contributed by atoms with Gasteiger partial charge in [0.1, 0.15) is 17.3 Å². The SMILES string of the molecule is Cc1cc(C(C)NC(=O)c2cc(I)ccc2O)c(C)o1. The molecule has 5 heteroatoms. The molecule has 1 atom stereocenters. The lowest BCUT2D eigenvalue weighted by Gasteiger charge is -2.14. The van der Waals surface area contributed by atoms with Gasteiger partial charge < -0.3 is 14.8 Å². The van der Waals surface area contributed by atoms with Crippen molar-refractivity contribution < 1.29 is 14.3 Å². The van der Waals surface area contributed by atoms with Crippen LogP contribution in [0.2, 0.25) is 0 Å². The van der Waals surface area contributed by atoms with Crippen LogP contribution in [-0.4, -0.2) is 11.0 Å². The van der Waals surface area contributed by atoms with Crippen molar-refractivity contribution in [2.75, 3.05) is 0 Å². The van der Waals surface area contributed by atoms with Gasteiger partial charge in [0.15, 0.2) is 0 Å². The van der Waals surface area contributed by atoms with Crippen LogP contribution in [0.3, 0.4) is 0 Å². The molecule has 1 amide bonds. The lowest BCUT2D eigenvalue weighted by atomic mass is 10.1. The first-order valence-electron chi connectivity index (χ1n) is 6.25. The predicted octanol–water partition coefficient (Wildman–Crippen LogP) is 3.70. The molecule has 2 aromatic rings. The third-order valence-electron chi connectivity index (χ3n) is 3.10. The number of amides is 1. The van der Waals surface area contributed by atoms with Gasteiger partial charge in [-0.2, -0.15) is 0 Å². The highest BCUT2D eigenvalue weighted by atomic mass is 127. The summed E-state index contributed by atoms with van der Waals surface area (Å²) in [5.74, 6) is 1.29. The fraction of sp³-hybridized carbons (Fsp3) is 0.267. The molecule has 0 spiro atoms. The number of aromatic hydroxyl groups is 1. The molecule has 1 heterocycles. The van der Waals surface area contributed by atoms with Crippen LogP contribution in [0.5, 0.6) is 5.75 Å². The Morgan fingerprint density at radius 1 is 1.35 bits per heavy atom. The lowest BCUT2D eigenvalue weighted by molar-refractivity contribution is 0.0937. The number of nitrogens with one attached hydrogen (secondary N) is 1. The van der Waals surface area contributed by atoms with E-state index in [1.54, 1.807) is 12.1 Å². The van der Waals surface area contributed by atoms with Crippen LogP contribution in [0.25, 0.3) is 0 Å². The fourth-order valence-electron chi connectivity index (χ4n) is 2.12. The van der Waals surface area contributed by atoms with Gasteiger partial charge in [-0.15, -0.1) is 0 Å². The molecule has 0 saturated heterocycles. The van der Waals surface area contributed by atoms with E-state index < -0.39 is 0 Å². The monoisotopic (exact) mass is 385 g/mol. The number of benzene rings is 1. The maximum absolute atomic E-state index is 12.2. The zero-order valence-electron chi connectivity index (χ0n) is 11.5. The van der Waals surface area contributed by atoms with E-state index in [2.05, 4.69) is 27.9 Å². The van der Waals surface area contributed by atoms with Crippen molar-refractivity contribution in [3.8, 4) is 5.75 Å². The Bertz CT molecular complexity index is 649. The summed E-state index contributed by atoms with van der Waals surface area (Å²) >= 11 is 2.10. The Morgan fingerprint density at radius 2 is 2.05 bits per heavy atom. The second kappa shape index (κ2) is 5.87. The van der Waals surface area contributed by atoms with Gasteiger partial charge in [0.2, 0.25) is 0 Å². The molecule has 2 rings (SSSR count). The molecular formula is C15H16INO3. The first kappa shape index (κ1) is 14.9. The number of phenols is 1. The Hall–Kier alpha value is -1.50. The van der Waals surface area contributed by atoms with Gasteiger partial charge in [0, 0.05) is 9.13 Å². The van der Waals surface area contributed by atoms with Crippen LogP contribution in [0.15, 0.2) is 28.7 Å². The number of carbonyl (C=O) groups is 1. The summed E-state index contributed by atoms with van der Waals surface area (Å²) in [5.41, 5.74) is 1.22. The van der Waals surface area contributed by atoms with E-state index in [0.29, 0.717) is 0 Å². The van der Waals surface area contributed by atoms with Crippen LogP contribution in [0, 0.1) is 17.4 Å². The van der Waals surface area contributed by atoms with E-state index in [1.807, 2.05) is 26.8 Å². The van der Waals surface area contributed by atoms with Gasteiger partial charge in [-0.1, -0.05) is 0 Å². The van der Waals surface area contributed by atoms with Crippen LogP contribution >= 0.6 is 22.6 Å². The molecule has 0 aliphatic heterocycles. The number of carbonyl (C=O) groups excluding carboxylic acids is 1. The predicted molar refractivity (Wildman–Crippen MR) is 84.9 cm³/mol. The summed E-state index contributed by atoms with van der Waals surface area (Å²) < 4.78 is 6.36. The highest BCUT2D eigenvalue weighted by Crippen LogP contribution is 2.24. The standard InChI is InChI=1S/C15H16INO3/c1-8-6-12(10(3)20-8)9(2)17-15(19)13-7-11(16)4-5-14(13)18/h4-7,9,18H,1-3H3,(H,17,19). The highest BCUT2D eigenvalue weighted by molar-refractivity contribution is 14.1. The van der Waals surface area contributed by atoms with Crippen molar-refractivity contribution in [1.82, 2.24) is 5.32 Å². The minimum absolute atomic E-state index is 0.0183. The van der Waals surface area contributed by atoms with Gasteiger partial charge in [-0.25, -0.2) is 0 Å². The largest absolute Gasteiger partial charge is 0.507 e. The molecule has 2 N–H and O–H groups in total. The molecule has 1 unspecified atom stereocenters. The molecule has 1 aromatic heterocycles. The molecule has 1 aromatic carbocycles. The molecule has 0 radical (unpaired) electrons. The molecule has 0 fully saturated rings. The number of hydrogen-bond acceptors (Lipinski definition) is 3. The molecule has 0 saturated carbocycles. The highest BCUT2D eigenvalue weighted by Gasteiger charge is 2.18. The van der Waals surface area contributed by atoms with Crippen molar-refractivity contribution in [3.05, 3.63) is 50.5 Å². The normalized spacial score (nSPS) is 12.2. The zero-order chi connectivity index (χ0) is 14.9. The number of aryl methyl sites for hydroxylation is 2. The van der Waals surface area contributed by atoms with Gasteiger partial charge in [0.05, 0.1) is 11.6 Å². The van der Waals surface area contributed by atoms with Gasteiger partial charge in [0.25, 0.3) is 5.91 Å². The van der Waals surface area contributed by atoms with E-state index in [0.717, 1.165) is 20.7 Å².